The SMILES string of the molecule is O=c1c2ccccc2c(-c2ccc(F)cc2)nn1CC(O)COc1ccc(Br)cc1. The zero-order chi connectivity index (χ0) is 21.1. The minimum atomic E-state index is -0.943. The quantitative estimate of drug-likeness (QED) is 0.455. The second-order valence-corrected chi connectivity index (χ2v) is 7.72. The Morgan fingerprint density at radius 2 is 1.67 bits per heavy atom. The fraction of sp³-hybridized carbons (Fsp3) is 0.130. The van der Waals surface area contributed by atoms with E-state index in [0.29, 0.717) is 27.8 Å². The summed E-state index contributed by atoms with van der Waals surface area (Å²) in [6.07, 6.45) is -0.943. The first-order chi connectivity index (χ1) is 14.5. The predicted molar refractivity (Wildman–Crippen MR) is 117 cm³/mol. The van der Waals surface area contributed by atoms with Gasteiger partial charge in [-0.15, -0.1) is 0 Å². The van der Waals surface area contributed by atoms with Gasteiger partial charge in [0, 0.05) is 15.4 Å². The number of halogens is 2. The lowest BCUT2D eigenvalue weighted by molar-refractivity contribution is 0.0882. The van der Waals surface area contributed by atoms with Crippen molar-refractivity contribution in [1.29, 1.82) is 0 Å². The van der Waals surface area contributed by atoms with Crippen molar-refractivity contribution < 1.29 is 14.2 Å². The summed E-state index contributed by atoms with van der Waals surface area (Å²) >= 11 is 3.36. The lowest BCUT2D eigenvalue weighted by Gasteiger charge is -2.15. The number of aromatic nitrogens is 2. The summed E-state index contributed by atoms with van der Waals surface area (Å²) in [6.45, 7) is -0.0249. The molecular weight excluding hydrogens is 451 g/mol. The molecule has 152 valence electrons. The van der Waals surface area contributed by atoms with E-state index in [9.17, 15) is 14.3 Å². The van der Waals surface area contributed by atoms with Gasteiger partial charge in [0.2, 0.25) is 0 Å². The van der Waals surface area contributed by atoms with Gasteiger partial charge in [0.05, 0.1) is 17.6 Å². The van der Waals surface area contributed by atoms with Crippen LogP contribution in [0.15, 0.2) is 82.1 Å². The van der Waals surface area contributed by atoms with Crippen molar-refractivity contribution in [3.63, 3.8) is 0 Å². The molecule has 1 unspecified atom stereocenters. The zero-order valence-electron chi connectivity index (χ0n) is 15.8. The molecule has 0 amide bonds. The number of aliphatic hydroxyl groups is 1. The standard InChI is InChI=1S/C23H18BrFN2O3/c24-16-7-11-19(12-8-16)30-14-18(28)13-27-23(29)21-4-2-1-3-20(21)22(26-27)15-5-9-17(25)10-6-15/h1-12,18,28H,13-14H2. The first kappa shape index (κ1) is 20.3. The van der Waals surface area contributed by atoms with Gasteiger partial charge < -0.3 is 9.84 Å². The molecule has 0 saturated carbocycles. The topological polar surface area (TPSA) is 64.4 Å². The third-order valence-corrected chi connectivity index (χ3v) is 5.15. The summed E-state index contributed by atoms with van der Waals surface area (Å²) in [4.78, 5) is 12.9. The highest BCUT2D eigenvalue weighted by atomic mass is 79.9. The maximum atomic E-state index is 13.4. The summed E-state index contributed by atoms with van der Waals surface area (Å²) in [5.74, 6) is 0.264. The van der Waals surface area contributed by atoms with Crippen molar-refractivity contribution in [2.75, 3.05) is 6.61 Å². The van der Waals surface area contributed by atoms with Crippen LogP contribution in [0.5, 0.6) is 5.75 Å². The summed E-state index contributed by atoms with van der Waals surface area (Å²) < 4.78 is 21.1. The molecule has 7 heteroatoms. The van der Waals surface area contributed by atoms with Gasteiger partial charge >= 0.3 is 0 Å². The molecule has 0 saturated heterocycles. The van der Waals surface area contributed by atoms with Gasteiger partial charge in [0.15, 0.2) is 0 Å². The summed E-state index contributed by atoms with van der Waals surface area (Å²) in [5, 5.41) is 16.0. The lowest BCUT2D eigenvalue weighted by atomic mass is 10.1. The van der Waals surface area contributed by atoms with E-state index < -0.39 is 6.10 Å². The Balaban J connectivity index is 1.63. The van der Waals surface area contributed by atoms with Crippen LogP contribution in [-0.4, -0.2) is 27.6 Å². The van der Waals surface area contributed by atoms with Crippen molar-refractivity contribution in [2.45, 2.75) is 12.6 Å². The van der Waals surface area contributed by atoms with Crippen molar-refractivity contribution in [3.05, 3.63) is 93.4 Å². The highest BCUT2D eigenvalue weighted by molar-refractivity contribution is 9.10. The molecule has 0 aliphatic carbocycles. The van der Waals surface area contributed by atoms with Crippen LogP contribution in [0.4, 0.5) is 4.39 Å². The van der Waals surface area contributed by atoms with Crippen LogP contribution in [0.2, 0.25) is 0 Å². The molecule has 30 heavy (non-hydrogen) atoms. The molecule has 0 spiro atoms. The van der Waals surface area contributed by atoms with E-state index in [-0.39, 0.29) is 24.5 Å². The average molecular weight is 469 g/mol. The van der Waals surface area contributed by atoms with Gasteiger partial charge in [0.1, 0.15) is 24.3 Å². The van der Waals surface area contributed by atoms with Crippen molar-refractivity contribution in [1.82, 2.24) is 9.78 Å². The van der Waals surface area contributed by atoms with Crippen molar-refractivity contribution in [3.8, 4) is 17.0 Å². The van der Waals surface area contributed by atoms with Gasteiger partial charge in [-0.2, -0.15) is 5.10 Å². The minimum absolute atomic E-state index is 0.00839. The molecule has 4 aromatic rings. The lowest BCUT2D eigenvalue weighted by Crippen LogP contribution is -2.32. The molecule has 0 aliphatic rings. The van der Waals surface area contributed by atoms with E-state index in [2.05, 4.69) is 21.0 Å². The van der Waals surface area contributed by atoms with E-state index >= 15 is 0 Å². The molecule has 1 aromatic heterocycles. The molecule has 1 N–H and O–H groups in total. The normalized spacial score (nSPS) is 12.1. The molecule has 0 radical (unpaired) electrons. The van der Waals surface area contributed by atoms with E-state index in [1.54, 1.807) is 42.5 Å². The molecule has 4 rings (SSSR count). The number of rotatable bonds is 6. The molecule has 0 aliphatic heterocycles. The highest BCUT2D eigenvalue weighted by Crippen LogP contribution is 2.25. The van der Waals surface area contributed by atoms with Gasteiger partial charge in [0.25, 0.3) is 5.56 Å². The van der Waals surface area contributed by atoms with E-state index in [1.165, 1.54) is 16.8 Å². The maximum absolute atomic E-state index is 13.4. The third-order valence-electron chi connectivity index (χ3n) is 4.63. The highest BCUT2D eigenvalue weighted by Gasteiger charge is 2.15. The van der Waals surface area contributed by atoms with Gasteiger partial charge in [-0.3, -0.25) is 4.79 Å². The second kappa shape index (κ2) is 8.77. The molecule has 5 nitrogen and oxygen atoms in total. The van der Waals surface area contributed by atoms with E-state index in [0.717, 1.165) is 4.47 Å². The molecular formula is C23H18BrFN2O3. The van der Waals surface area contributed by atoms with E-state index in [1.807, 2.05) is 18.2 Å². The third kappa shape index (κ3) is 4.42. The Labute approximate surface area is 180 Å². The first-order valence-corrected chi connectivity index (χ1v) is 10.1. The Morgan fingerprint density at radius 1 is 1.00 bits per heavy atom. The molecule has 0 bridgehead atoms. The van der Waals surface area contributed by atoms with Crippen LogP contribution >= 0.6 is 15.9 Å². The van der Waals surface area contributed by atoms with Crippen LogP contribution in [0.25, 0.3) is 22.0 Å². The average Bonchev–Trinajstić information content (AvgIpc) is 2.76. The summed E-state index contributed by atoms with van der Waals surface area (Å²) in [7, 11) is 0. The minimum Gasteiger partial charge on any atom is -0.491 e. The number of ether oxygens (including phenoxy) is 1. The second-order valence-electron chi connectivity index (χ2n) is 6.81. The largest absolute Gasteiger partial charge is 0.491 e. The number of benzene rings is 3. The number of hydrogen-bond acceptors (Lipinski definition) is 4. The van der Waals surface area contributed by atoms with Crippen LogP contribution in [-0.2, 0) is 6.54 Å². The predicted octanol–water partition coefficient (Wildman–Crippen LogP) is 4.41. The van der Waals surface area contributed by atoms with E-state index in [4.69, 9.17) is 4.74 Å². The monoisotopic (exact) mass is 468 g/mol. The maximum Gasteiger partial charge on any atom is 0.274 e. The smallest absolute Gasteiger partial charge is 0.274 e. The summed E-state index contributed by atoms with van der Waals surface area (Å²) in [6, 6.07) is 20.3. The fourth-order valence-electron chi connectivity index (χ4n) is 3.16. The van der Waals surface area contributed by atoms with Crippen molar-refractivity contribution in [2.24, 2.45) is 0 Å². The first-order valence-electron chi connectivity index (χ1n) is 9.33. The fourth-order valence-corrected chi connectivity index (χ4v) is 3.42. The number of nitrogens with zero attached hydrogens (tertiary/aromatic N) is 2. The molecule has 0 fully saturated rings. The van der Waals surface area contributed by atoms with Gasteiger partial charge in [-0.25, -0.2) is 9.07 Å². The number of aliphatic hydroxyl groups excluding tert-OH is 1. The van der Waals surface area contributed by atoms with Crippen molar-refractivity contribution >= 4 is 26.7 Å². The Morgan fingerprint density at radius 3 is 2.37 bits per heavy atom. The van der Waals surface area contributed by atoms with Crippen LogP contribution in [0.1, 0.15) is 0 Å². The van der Waals surface area contributed by atoms with Gasteiger partial charge in [-0.1, -0.05) is 34.1 Å². The number of hydrogen-bond donors (Lipinski definition) is 1. The Kier molecular flexibility index (Phi) is 5.92. The molecule has 1 atom stereocenters. The van der Waals surface area contributed by atoms with Crippen LogP contribution < -0.4 is 10.3 Å². The number of fused-ring (bicyclic) bond motifs is 1. The Hall–Kier alpha value is -3.03. The van der Waals surface area contributed by atoms with Gasteiger partial charge in [-0.05, 0) is 54.6 Å². The molecule has 3 aromatic carbocycles. The van der Waals surface area contributed by atoms with Crippen LogP contribution in [0.3, 0.4) is 0 Å². The summed E-state index contributed by atoms with van der Waals surface area (Å²) in [5.41, 5.74) is 0.923. The zero-order valence-corrected chi connectivity index (χ0v) is 17.4. The molecule has 1 heterocycles. The Bertz CT molecular complexity index is 1220. The van der Waals surface area contributed by atoms with Crippen LogP contribution in [0, 0.1) is 5.82 Å².